The van der Waals surface area contributed by atoms with Crippen molar-refractivity contribution in [2.45, 2.75) is 83.7 Å². The van der Waals surface area contributed by atoms with Crippen molar-refractivity contribution in [1.82, 2.24) is 14.7 Å². The lowest BCUT2D eigenvalue weighted by Gasteiger charge is -2.42. The maximum absolute atomic E-state index is 14.3. The Bertz CT molecular complexity index is 922. The van der Waals surface area contributed by atoms with E-state index in [1.165, 1.54) is 0 Å². The van der Waals surface area contributed by atoms with Gasteiger partial charge in [-0.3, -0.25) is 14.4 Å². The van der Waals surface area contributed by atoms with Crippen molar-refractivity contribution in [2.24, 2.45) is 17.8 Å². The number of rotatable bonds is 6. The number of aliphatic hydroxyl groups excluding tert-OH is 1. The van der Waals surface area contributed by atoms with Gasteiger partial charge in [0.2, 0.25) is 17.7 Å². The molecule has 0 aromatic rings. The van der Waals surface area contributed by atoms with Gasteiger partial charge >= 0.3 is 0 Å². The van der Waals surface area contributed by atoms with Gasteiger partial charge in [0, 0.05) is 25.2 Å². The second kappa shape index (κ2) is 9.36. The normalized spacial score (nSPS) is 33.7. The molecule has 1 spiro atoms. The number of fused-ring (bicyclic) bond motifs is 2. The Labute approximate surface area is 208 Å². The molecular formula is C27H41N3O5. The average Bonchev–Trinajstić information content (AvgIpc) is 3.09. The van der Waals surface area contributed by atoms with Crippen molar-refractivity contribution in [2.75, 3.05) is 26.2 Å². The first kappa shape index (κ1) is 25.9. The van der Waals surface area contributed by atoms with E-state index < -0.39 is 41.2 Å². The van der Waals surface area contributed by atoms with Crippen LogP contribution in [0.4, 0.5) is 0 Å². The van der Waals surface area contributed by atoms with Crippen LogP contribution >= 0.6 is 0 Å². The van der Waals surface area contributed by atoms with Gasteiger partial charge in [0.1, 0.15) is 11.6 Å². The average molecular weight is 488 g/mol. The molecule has 4 rings (SSSR count). The van der Waals surface area contributed by atoms with Crippen molar-refractivity contribution in [3.8, 4) is 0 Å². The Hall–Kier alpha value is -2.19. The third-order valence-corrected chi connectivity index (χ3v) is 7.83. The minimum absolute atomic E-state index is 0.0974. The van der Waals surface area contributed by atoms with E-state index >= 15 is 0 Å². The quantitative estimate of drug-likeness (QED) is 0.579. The molecule has 35 heavy (non-hydrogen) atoms. The van der Waals surface area contributed by atoms with Crippen LogP contribution in [0.25, 0.3) is 0 Å². The fourth-order valence-corrected chi connectivity index (χ4v) is 6.42. The molecule has 1 N–H and O–H groups in total. The monoisotopic (exact) mass is 487 g/mol. The highest BCUT2D eigenvalue weighted by Gasteiger charge is 2.72. The predicted molar refractivity (Wildman–Crippen MR) is 132 cm³/mol. The lowest BCUT2D eigenvalue weighted by Crippen LogP contribution is -2.60. The summed E-state index contributed by atoms with van der Waals surface area (Å²) in [5.74, 6) is -1.86. The summed E-state index contributed by atoms with van der Waals surface area (Å²) < 4.78 is 6.66. The summed E-state index contributed by atoms with van der Waals surface area (Å²) in [5.41, 5.74) is -1.72. The van der Waals surface area contributed by atoms with E-state index in [9.17, 15) is 19.5 Å². The van der Waals surface area contributed by atoms with Gasteiger partial charge in [-0.1, -0.05) is 45.1 Å². The Kier molecular flexibility index (Phi) is 6.92. The summed E-state index contributed by atoms with van der Waals surface area (Å²) in [6, 6.07) is -1.46. The molecule has 2 saturated heterocycles. The van der Waals surface area contributed by atoms with E-state index in [1.807, 2.05) is 65.8 Å². The molecule has 0 bridgehead atoms. The molecule has 8 heteroatoms. The molecule has 0 aromatic carbocycles. The lowest BCUT2D eigenvalue weighted by atomic mass is 9.77. The second-order valence-electron chi connectivity index (χ2n) is 11.8. The summed E-state index contributed by atoms with van der Waals surface area (Å²) in [6.45, 7) is 13.2. The maximum atomic E-state index is 14.3. The van der Waals surface area contributed by atoms with Gasteiger partial charge in [-0.25, -0.2) is 0 Å². The van der Waals surface area contributed by atoms with E-state index in [4.69, 9.17) is 4.74 Å². The zero-order chi connectivity index (χ0) is 25.7. The van der Waals surface area contributed by atoms with Gasteiger partial charge in [0.25, 0.3) is 0 Å². The third-order valence-electron chi connectivity index (χ3n) is 7.83. The molecule has 4 aliphatic heterocycles. The van der Waals surface area contributed by atoms with Crippen LogP contribution in [0.5, 0.6) is 0 Å². The van der Waals surface area contributed by atoms with Crippen LogP contribution in [0.2, 0.25) is 0 Å². The number of likely N-dealkylation sites (tertiary alicyclic amines) is 1. The van der Waals surface area contributed by atoms with Crippen molar-refractivity contribution in [1.29, 1.82) is 0 Å². The number of hydrogen-bond acceptors (Lipinski definition) is 5. The lowest BCUT2D eigenvalue weighted by molar-refractivity contribution is -0.154. The molecule has 6 atom stereocenters. The molecule has 2 fully saturated rings. The number of amides is 3. The molecule has 0 aromatic heterocycles. The van der Waals surface area contributed by atoms with Crippen molar-refractivity contribution in [3.63, 3.8) is 0 Å². The third kappa shape index (κ3) is 4.12. The van der Waals surface area contributed by atoms with E-state index in [0.717, 1.165) is 6.42 Å². The van der Waals surface area contributed by atoms with Gasteiger partial charge in [-0.05, 0) is 39.5 Å². The maximum Gasteiger partial charge on any atom is 0.249 e. The fraction of sp³-hybridized carbons (Fsp3) is 0.741. The molecule has 0 saturated carbocycles. The highest BCUT2D eigenvalue weighted by molar-refractivity contribution is 6.00. The summed E-state index contributed by atoms with van der Waals surface area (Å²) in [5, 5.41) is 10.4. The summed E-state index contributed by atoms with van der Waals surface area (Å²) in [6.07, 6.45) is 8.40. The van der Waals surface area contributed by atoms with Crippen LogP contribution in [-0.2, 0) is 19.1 Å². The second-order valence-corrected chi connectivity index (χ2v) is 11.8. The fourth-order valence-electron chi connectivity index (χ4n) is 6.42. The smallest absolute Gasteiger partial charge is 0.249 e. The highest BCUT2D eigenvalue weighted by atomic mass is 16.5. The number of aliphatic hydroxyl groups is 1. The molecule has 3 amide bonds. The van der Waals surface area contributed by atoms with E-state index in [0.29, 0.717) is 26.1 Å². The van der Waals surface area contributed by atoms with Gasteiger partial charge < -0.3 is 24.5 Å². The number of carbonyl (C=O) groups excluding carboxylic acids is 3. The van der Waals surface area contributed by atoms with Crippen LogP contribution in [0.1, 0.15) is 54.4 Å². The molecule has 0 radical (unpaired) electrons. The Morgan fingerprint density at radius 1 is 1.11 bits per heavy atom. The van der Waals surface area contributed by atoms with E-state index in [-0.39, 0.29) is 30.2 Å². The first-order valence-electron chi connectivity index (χ1n) is 13.0. The predicted octanol–water partition coefficient (Wildman–Crippen LogP) is 1.98. The number of hydrogen-bond donors (Lipinski definition) is 1. The van der Waals surface area contributed by atoms with Gasteiger partial charge in [-0.2, -0.15) is 0 Å². The largest absolute Gasteiger partial charge is 0.394 e. The molecule has 4 heterocycles. The van der Waals surface area contributed by atoms with E-state index in [2.05, 4.69) is 0 Å². The zero-order valence-electron chi connectivity index (χ0n) is 21.9. The topological polar surface area (TPSA) is 90.4 Å². The summed E-state index contributed by atoms with van der Waals surface area (Å²) >= 11 is 0. The number of carbonyl (C=O) groups is 3. The van der Waals surface area contributed by atoms with Crippen LogP contribution < -0.4 is 0 Å². The molecular weight excluding hydrogens is 446 g/mol. The van der Waals surface area contributed by atoms with Gasteiger partial charge in [-0.15, -0.1) is 0 Å². The molecule has 0 aliphatic carbocycles. The van der Waals surface area contributed by atoms with E-state index in [1.54, 1.807) is 14.7 Å². The van der Waals surface area contributed by atoms with Crippen LogP contribution in [0.15, 0.2) is 24.3 Å². The first-order chi connectivity index (χ1) is 16.5. The van der Waals surface area contributed by atoms with Crippen LogP contribution in [0, 0.1) is 17.8 Å². The Balaban J connectivity index is 1.86. The minimum Gasteiger partial charge on any atom is -0.394 e. The van der Waals surface area contributed by atoms with Gasteiger partial charge in [0.15, 0.2) is 0 Å². The minimum atomic E-state index is -1.25. The van der Waals surface area contributed by atoms with Gasteiger partial charge in [0.05, 0.1) is 30.6 Å². The van der Waals surface area contributed by atoms with Crippen molar-refractivity contribution in [3.05, 3.63) is 24.3 Å². The summed E-state index contributed by atoms with van der Waals surface area (Å²) in [4.78, 5) is 47.4. The number of nitrogens with zero attached hydrogens (tertiary/aromatic N) is 3. The van der Waals surface area contributed by atoms with Crippen LogP contribution in [-0.4, -0.2) is 93.1 Å². The van der Waals surface area contributed by atoms with Crippen LogP contribution in [0.3, 0.4) is 0 Å². The first-order valence-corrected chi connectivity index (χ1v) is 13.0. The molecule has 4 aliphatic rings. The van der Waals surface area contributed by atoms with Crippen molar-refractivity contribution < 1.29 is 24.2 Å². The van der Waals surface area contributed by atoms with Crippen molar-refractivity contribution >= 4 is 17.7 Å². The Morgan fingerprint density at radius 2 is 1.83 bits per heavy atom. The highest BCUT2D eigenvalue weighted by Crippen LogP contribution is 2.54. The summed E-state index contributed by atoms with van der Waals surface area (Å²) in [7, 11) is 0. The molecule has 194 valence electrons. The molecule has 1 unspecified atom stereocenters. The zero-order valence-corrected chi connectivity index (χ0v) is 21.9. The Morgan fingerprint density at radius 3 is 2.43 bits per heavy atom. The standard InChI is InChI=1S/C27H41N3O5/c1-7-12-28-13-8-10-19-20(23(28)32)21-24(33)30(18(16-31)15-17(2)3)22-25(34)29(26(4,5)6)14-9-11-27(21,22)35-19/h8-11,17-22,31H,7,12-16H2,1-6H3/t18-,19+,20-,21+,22?,27+/m1/s1. The number of ether oxygens (including phenoxy) is 1. The molecule has 8 nitrogen and oxygen atoms in total. The SMILES string of the molecule is CCCN1CC=C[C@@H]2O[C@]34C=CCN(C(C)(C)C)C(=O)C3N([C@@H](CO)CC(C)C)C(=O)[C@@H]4[C@@H]2C1=O.